The fourth-order valence-electron chi connectivity index (χ4n) is 1.95. The largest absolute Gasteiger partial charge is 0.483 e. The number of hydrogen-bond acceptors (Lipinski definition) is 3. The van der Waals surface area contributed by atoms with E-state index in [9.17, 15) is 9.59 Å². The minimum absolute atomic E-state index is 0.0866. The Morgan fingerprint density at radius 2 is 1.87 bits per heavy atom. The average molecular weight is 334 g/mol. The van der Waals surface area contributed by atoms with E-state index in [0.29, 0.717) is 5.69 Å². The van der Waals surface area contributed by atoms with Crippen molar-refractivity contribution in [2.75, 3.05) is 11.9 Å². The number of anilines is 1. The Bertz CT molecular complexity index is 758. The molecule has 0 radical (unpaired) electrons. The van der Waals surface area contributed by atoms with Crippen LogP contribution in [0.4, 0.5) is 5.69 Å². The van der Waals surface area contributed by atoms with E-state index in [1.165, 1.54) is 18.2 Å². The number of rotatable bonds is 5. The van der Waals surface area contributed by atoms with E-state index in [1.807, 2.05) is 26.0 Å². The number of aromatic carboxylic acids is 1. The minimum Gasteiger partial charge on any atom is -0.483 e. The number of carbonyl (C=O) groups is 2. The molecule has 5 nitrogen and oxygen atoms in total. The smallest absolute Gasteiger partial charge is 0.339 e. The standard InChI is InChI=1S/C17H16ClNO4/c1-10-3-5-13(7-11(10)2)19-16(20)9-23-15-6-4-12(18)8-14(15)17(21)22/h3-8H,9H2,1-2H3,(H,19,20)(H,21,22). The van der Waals surface area contributed by atoms with Crippen molar-refractivity contribution in [1.82, 2.24) is 0 Å². The maximum atomic E-state index is 11.9. The second-order valence-electron chi connectivity index (χ2n) is 5.08. The molecule has 120 valence electrons. The maximum absolute atomic E-state index is 11.9. The highest BCUT2D eigenvalue weighted by Gasteiger charge is 2.13. The van der Waals surface area contributed by atoms with E-state index in [2.05, 4.69) is 5.32 Å². The van der Waals surface area contributed by atoms with Crippen LogP contribution in [0, 0.1) is 13.8 Å². The lowest BCUT2D eigenvalue weighted by Crippen LogP contribution is -2.21. The van der Waals surface area contributed by atoms with Crippen LogP contribution in [-0.2, 0) is 4.79 Å². The third kappa shape index (κ3) is 4.47. The second-order valence-corrected chi connectivity index (χ2v) is 5.52. The van der Waals surface area contributed by atoms with Gasteiger partial charge in [-0.1, -0.05) is 17.7 Å². The van der Waals surface area contributed by atoms with Crippen molar-refractivity contribution in [3.8, 4) is 5.75 Å². The van der Waals surface area contributed by atoms with Crippen LogP contribution in [-0.4, -0.2) is 23.6 Å². The molecule has 0 atom stereocenters. The summed E-state index contributed by atoms with van der Waals surface area (Å²) in [5, 5.41) is 12.1. The zero-order valence-electron chi connectivity index (χ0n) is 12.7. The van der Waals surface area contributed by atoms with Gasteiger partial charge < -0.3 is 15.2 Å². The highest BCUT2D eigenvalue weighted by Crippen LogP contribution is 2.23. The van der Waals surface area contributed by atoms with Crippen LogP contribution < -0.4 is 10.1 Å². The summed E-state index contributed by atoms with van der Waals surface area (Å²) < 4.78 is 5.29. The molecule has 0 unspecified atom stereocenters. The predicted molar refractivity (Wildman–Crippen MR) is 88.5 cm³/mol. The quantitative estimate of drug-likeness (QED) is 0.875. The number of ether oxygens (including phenoxy) is 1. The molecular formula is C17H16ClNO4. The number of halogens is 1. The zero-order chi connectivity index (χ0) is 17.0. The molecule has 2 aromatic carbocycles. The SMILES string of the molecule is Cc1ccc(NC(=O)COc2ccc(Cl)cc2C(=O)O)cc1C. The van der Waals surface area contributed by atoms with E-state index in [1.54, 1.807) is 6.07 Å². The van der Waals surface area contributed by atoms with Crippen LogP contribution in [0.15, 0.2) is 36.4 Å². The van der Waals surface area contributed by atoms with Gasteiger partial charge in [-0.25, -0.2) is 4.79 Å². The lowest BCUT2D eigenvalue weighted by Gasteiger charge is -2.11. The third-order valence-corrected chi connectivity index (χ3v) is 3.56. The highest BCUT2D eigenvalue weighted by atomic mass is 35.5. The Morgan fingerprint density at radius 3 is 2.52 bits per heavy atom. The van der Waals surface area contributed by atoms with Gasteiger partial charge in [-0.2, -0.15) is 0 Å². The van der Waals surface area contributed by atoms with Gasteiger partial charge in [-0.05, 0) is 55.3 Å². The molecule has 6 heteroatoms. The molecule has 23 heavy (non-hydrogen) atoms. The molecule has 0 saturated carbocycles. The number of benzene rings is 2. The van der Waals surface area contributed by atoms with Crippen LogP contribution >= 0.6 is 11.6 Å². The lowest BCUT2D eigenvalue weighted by molar-refractivity contribution is -0.118. The van der Waals surface area contributed by atoms with Crippen molar-refractivity contribution in [2.24, 2.45) is 0 Å². The second kappa shape index (κ2) is 7.15. The number of nitrogens with one attached hydrogen (secondary N) is 1. The van der Waals surface area contributed by atoms with Gasteiger partial charge in [-0.3, -0.25) is 4.79 Å². The molecule has 2 aromatic rings. The van der Waals surface area contributed by atoms with Gasteiger partial charge in [0.2, 0.25) is 0 Å². The van der Waals surface area contributed by atoms with E-state index < -0.39 is 5.97 Å². The lowest BCUT2D eigenvalue weighted by atomic mass is 10.1. The molecule has 0 aliphatic carbocycles. The summed E-state index contributed by atoms with van der Waals surface area (Å²) in [6.07, 6.45) is 0. The summed E-state index contributed by atoms with van der Waals surface area (Å²) in [5.41, 5.74) is 2.77. The number of hydrogen-bond donors (Lipinski definition) is 2. The first-order valence-corrected chi connectivity index (χ1v) is 7.27. The monoisotopic (exact) mass is 333 g/mol. The molecule has 0 heterocycles. The number of carboxylic acids is 1. The van der Waals surface area contributed by atoms with Crippen LogP contribution in [0.1, 0.15) is 21.5 Å². The summed E-state index contributed by atoms with van der Waals surface area (Å²) in [7, 11) is 0. The molecular weight excluding hydrogens is 318 g/mol. The summed E-state index contributed by atoms with van der Waals surface area (Å²) in [5.74, 6) is -1.45. The normalized spacial score (nSPS) is 10.2. The number of aryl methyl sites for hydroxylation is 2. The molecule has 0 aliphatic heterocycles. The molecule has 0 aliphatic rings. The first-order valence-electron chi connectivity index (χ1n) is 6.89. The van der Waals surface area contributed by atoms with Crippen molar-refractivity contribution in [2.45, 2.75) is 13.8 Å². The first kappa shape index (κ1) is 16.8. The van der Waals surface area contributed by atoms with Crippen molar-refractivity contribution >= 4 is 29.2 Å². The van der Waals surface area contributed by atoms with Crippen molar-refractivity contribution < 1.29 is 19.4 Å². The van der Waals surface area contributed by atoms with E-state index >= 15 is 0 Å². The van der Waals surface area contributed by atoms with Gasteiger partial charge in [0, 0.05) is 10.7 Å². The first-order chi connectivity index (χ1) is 10.9. The maximum Gasteiger partial charge on any atom is 0.339 e. The number of carbonyl (C=O) groups excluding carboxylic acids is 1. The van der Waals surface area contributed by atoms with E-state index in [4.69, 9.17) is 21.4 Å². The topological polar surface area (TPSA) is 75.6 Å². The van der Waals surface area contributed by atoms with Gasteiger partial charge >= 0.3 is 5.97 Å². The number of carboxylic acid groups (broad SMARTS) is 1. The van der Waals surface area contributed by atoms with Gasteiger partial charge in [0.25, 0.3) is 5.91 Å². The Hall–Kier alpha value is -2.53. The average Bonchev–Trinajstić information content (AvgIpc) is 2.49. The van der Waals surface area contributed by atoms with Gasteiger partial charge in [0.05, 0.1) is 0 Å². The molecule has 2 N–H and O–H groups in total. The predicted octanol–water partition coefficient (Wildman–Crippen LogP) is 3.67. The third-order valence-electron chi connectivity index (χ3n) is 3.32. The number of amides is 1. The van der Waals surface area contributed by atoms with Crippen LogP contribution in [0.25, 0.3) is 0 Å². The molecule has 0 bridgehead atoms. The Balaban J connectivity index is 2.02. The fourth-order valence-corrected chi connectivity index (χ4v) is 2.13. The van der Waals surface area contributed by atoms with E-state index in [-0.39, 0.29) is 28.8 Å². The summed E-state index contributed by atoms with van der Waals surface area (Å²) >= 11 is 5.76. The van der Waals surface area contributed by atoms with Crippen LogP contribution in [0.5, 0.6) is 5.75 Å². The molecule has 0 saturated heterocycles. The molecule has 0 spiro atoms. The van der Waals surface area contributed by atoms with Crippen LogP contribution in [0.2, 0.25) is 5.02 Å². The summed E-state index contributed by atoms with van der Waals surface area (Å²) in [4.78, 5) is 23.1. The van der Waals surface area contributed by atoms with Crippen molar-refractivity contribution in [3.63, 3.8) is 0 Å². The molecule has 0 fully saturated rings. The Kier molecular flexibility index (Phi) is 5.24. The van der Waals surface area contributed by atoms with Gasteiger partial charge in [0.15, 0.2) is 6.61 Å². The summed E-state index contributed by atoms with van der Waals surface area (Å²) in [6.45, 7) is 3.64. The van der Waals surface area contributed by atoms with Crippen molar-refractivity contribution in [1.29, 1.82) is 0 Å². The van der Waals surface area contributed by atoms with E-state index in [0.717, 1.165) is 11.1 Å². The van der Waals surface area contributed by atoms with Gasteiger partial charge in [0.1, 0.15) is 11.3 Å². The fraction of sp³-hybridized carbons (Fsp3) is 0.176. The Morgan fingerprint density at radius 1 is 1.13 bits per heavy atom. The zero-order valence-corrected chi connectivity index (χ0v) is 13.5. The Labute approximate surface area is 138 Å². The molecule has 0 aromatic heterocycles. The van der Waals surface area contributed by atoms with Crippen LogP contribution in [0.3, 0.4) is 0 Å². The highest BCUT2D eigenvalue weighted by molar-refractivity contribution is 6.31. The van der Waals surface area contributed by atoms with Crippen molar-refractivity contribution in [3.05, 3.63) is 58.1 Å². The minimum atomic E-state index is -1.17. The molecule has 1 amide bonds. The summed E-state index contributed by atoms with van der Waals surface area (Å²) in [6, 6.07) is 9.77. The van der Waals surface area contributed by atoms with Gasteiger partial charge in [-0.15, -0.1) is 0 Å². The molecule has 2 rings (SSSR count).